The Morgan fingerprint density at radius 3 is 2.36 bits per heavy atom. The molecule has 6 nitrogen and oxygen atoms in total. The molecule has 1 rings (SSSR count). The molecule has 0 aromatic heterocycles. The highest BCUT2D eigenvalue weighted by Gasteiger charge is 2.42. The minimum absolute atomic E-state index is 0.121. The number of carbonyl (C=O) groups excluding carboxylic acids is 1. The summed E-state index contributed by atoms with van der Waals surface area (Å²) in [4.78, 5) is 10.5. The van der Waals surface area contributed by atoms with E-state index in [1.54, 1.807) is 0 Å². The van der Waals surface area contributed by atoms with Crippen LogP contribution in [0.1, 0.15) is 6.92 Å². The summed E-state index contributed by atoms with van der Waals surface area (Å²) in [5, 5.41) is 27.5. The van der Waals surface area contributed by atoms with Gasteiger partial charge in [-0.25, -0.2) is 0 Å². The first-order valence-electron chi connectivity index (χ1n) is 4.32. The third kappa shape index (κ3) is 2.42. The largest absolute Gasteiger partial charge is 0.463 e. The van der Waals surface area contributed by atoms with Crippen LogP contribution in [0, 0.1) is 0 Å². The highest BCUT2D eigenvalue weighted by atomic mass is 16.6. The van der Waals surface area contributed by atoms with Gasteiger partial charge >= 0.3 is 5.97 Å². The van der Waals surface area contributed by atoms with Gasteiger partial charge in [-0.15, -0.1) is 0 Å². The Hall–Kier alpha value is -0.690. The fourth-order valence-electron chi connectivity index (χ4n) is 1.31. The number of ether oxygens (including phenoxy) is 2. The first kappa shape index (κ1) is 11.4. The summed E-state index contributed by atoms with van der Waals surface area (Å²) >= 11 is 0. The second-order valence-electron chi connectivity index (χ2n) is 3.18. The van der Waals surface area contributed by atoms with Crippen molar-refractivity contribution >= 4 is 5.97 Å². The van der Waals surface area contributed by atoms with Crippen LogP contribution in [-0.2, 0) is 14.3 Å². The molecule has 0 radical (unpaired) electrons. The Balaban J connectivity index is 2.44. The average molecular weight is 206 g/mol. The Labute approximate surface area is 81.1 Å². The zero-order valence-corrected chi connectivity index (χ0v) is 7.79. The van der Waals surface area contributed by atoms with E-state index in [2.05, 4.69) is 4.74 Å². The molecule has 14 heavy (non-hydrogen) atoms. The predicted octanol–water partition coefficient (Wildman–Crippen LogP) is -1.97. The lowest BCUT2D eigenvalue weighted by molar-refractivity contribution is -0.146. The van der Waals surface area contributed by atoms with Crippen LogP contribution in [0.15, 0.2) is 0 Å². The van der Waals surface area contributed by atoms with Gasteiger partial charge in [0.1, 0.15) is 31.0 Å². The molecule has 0 unspecified atom stereocenters. The summed E-state index contributed by atoms with van der Waals surface area (Å²) in [6, 6.07) is 0. The Kier molecular flexibility index (Phi) is 3.82. The monoisotopic (exact) mass is 206 g/mol. The zero-order valence-electron chi connectivity index (χ0n) is 7.79. The molecule has 1 fully saturated rings. The summed E-state index contributed by atoms with van der Waals surface area (Å²) in [5.74, 6) is -0.484. The molecule has 1 aliphatic rings. The van der Waals surface area contributed by atoms with Gasteiger partial charge in [-0.05, 0) is 0 Å². The van der Waals surface area contributed by atoms with E-state index in [1.807, 2.05) is 0 Å². The van der Waals surface area contributed by atoms with Crippen molar-refractivity contribution in [2.45, 2.75) is 31.3 Å². The molecule has 82 valence electrons. The maximum absolute atomic E-state index is 10.5. The minimum Gasteiger partial charge on any atom is -0.463 e. The van der Waals surface area contributed by atoms with E-state index in [-0.39, 0.29) is 13.2 Å². The SMILES string of the molecule is CC(=O)OC[C@@H]1O[C@H](CO)[C@@H](O)[C@@H]1O. The lowest BCUT2D eigenvalue weighted by Crippen LogP contribution is -2.35. The fraction of sp³-hybridized carbons (Fsp3) is 0.875. The molecular formula is C8H14O6. The van der Waals surface area contributed by atoms with Gasteiger partial charge in [0.2, 0.25) is 0 Å². The maximum atomic E-state index is 10.5. The van der Waals surface area contributed by atoms with Gasteiger partial charge in [-0.2, -0.15) is 0 Å². The topological polar surface area (TPSA) is 96.2 Å². The van der Waals surface area contributed by atoms with Gasteiger partial charge in [0.15, 0.2) is 0 Å². The molecule has 0 spiro atoms. The second-order valence-corrected chi connectivity index (χ2v) is 3.18. The highest BCUT2D eigenvalue weighted by Crippen LogP contribution is 2.21. The molecule has 0 aliphatic carbocycles. The van der Waals surface area contributed by atoms with Crippen molar-refractivity contribution in [3.8, 4) is 0 Å². The van der Waals surface area contributed by atoms with Gasteiger partial charge in [-0.3, -0.25) is 4.79 Å². The van der Waals surface area contributed by atoms with Crippen LogP contribution < -0.4 is 0 Å². The number of aliphatic hydroxyl groups is 3. The molecule has 0 amide bonds. The van der Waals surface area contributed by atoms with Crippen molar-refractivity contribution in [1.82, 2.24) is 0 Å². The van der Waals surface area contributed by atoms with Crippen molar-refractivity contribution in [1.29, 1.82) is 0 Å². The molecule has 6 heteroatoms. The van der Waals surface area contributed by atoms with E-state index < -0.39 is 30.4 Å². The van der Waals surface area contributed by atoms with Crippen LogP contribution in [0.25, 0.3) is 0 Å². The van der Waals surface area contributed by atoms with Crippen molar-refractivity contribution in [3.05, 3.63) is 0 Å². The van der Waals surface area contributed by atoms with Gasteiger partial charge < -0.3 is 24.8 Å². The number of hydrogen-bond donors (Lipinski definition) is 3. The number of rotatable bonds is 3. The molecule has 1 saturated heterocycles. The lowest BCUT2D eigenvalue weighted by Gasteiger charge is -2.13. The number of carbonyl (C=O) groups is 1. The van der Waals surface area contributed by atoms with E-state index in [9.17, 15) is 15.0 Å². The van der Waals surface area contributed by atoms with E-state index in [1.165, 1.54) is 6.92 Å². The molecular weight excluding hydrogens is 192 g/mol. The van der Waals surface area contributed by atoms with E-state index in [4.69, 9.17) is 9.84 Å². The normalized spacial score (nSPS) is 37.1. The van der Waals surface area contributed by atoms with Gasteiger partial charge in [0.25, 0.3) is 0 Å². The van der Waals surface area contributed by atoms with Crippen molar-refractivity contribution in [2.75, 3.05) is 13.2 Å². The van der Waals surface area contributed by atoms with Crippen LogP contribution in [0.5, 0.6) is 0 Å². The van der Waals surface area contributed by atoms with E-state index in [0.29, 0.717) is 0 Å². The maximum Gasteiger partial charge on any atom is 0.302 e. The minimum atomic E-state index is -1.14. The smallest absolute Gasteiger partial charge is 0.302 e. The molecule has 1 heterocycles. The first-order chi connectivity index (χ1) is 6.56. The molecule has 0 aromatic rings. The summed E-state index contributed by atoms with van der Waals surface area (Å²) in [6.45, 7) is 0.736. The Bertz CT molecular complexity index is 206. The van der Waals surface area contributed by atoms with Crippen molar-refractivity contribution in [3.63, 3.8) is 0 Å². The number of esters is 1. The summed E-state index contributed by atoms with van der Waals surface area (Å²) in [5.41, 5.74) is 0. The first-order valence-corrected chi connectivity index (χ1v) is 4.32. The molecule has 1 aliphatic heterocycles. The van der Waals surface area contributed by atoms with Crippen LogP contribution >= 0.6 is 0 Å². The van der Waals surface area contributed by atoms with Crippen LogP contribution in [0.4, 0.5) is 0 Å². The molecule has 0 saturated carbocycles. The predicted molar refractivity (Wildman–Crippen MR) is 44.4 cm³/mol. The van der Waals surface area contributed by atoms with E-state index >= 15 is 0 Å². The van der Waals surface area contributed by atoms with Crippen molar-refractivity contribution < 1.29 is 29.6 Å². The zero-order chi connectivity index (χ0) is 10.7. The Morgan fingerprint density at radius 2 is 1.93 bits per heavy atom. The van der Waals surface area contributed by atoms with Gasteiger partial charge in [-0.1, -0.05) is 0 Å². The van der Waals surface area contributed by atoms with Gasteiger partial charge in [0, 0.05) is 6.92 Å². The fourth-order valence-corrected chi connectivity index (χ4v) is 1.31. The number of aliphatic hydroxyl groups excluding tert-OH is 3. The Morgan fingerprint density at radius 1 is 1.36 bits per heavy atom. The third-order valence-corrected chi connectivity index (χ3v) is 2.09. The molecule has 4 atom stereocenters. The average Bonchev–Trinajstić information content (AvgIpc) is 2.41. The van der Waals surface area contributed by atoms with Crippen LogP contribution in [0.2, 0.25) is 0 Å². The van der Waals surface area contributed by atoms with Gasteiger partial charge in [0.05, 0.1) is 6.61 Å². The van der Waals surface area contributed by atoms with E-state index in [0.717, 1.165) is 0 Å². The lowest BCUT2D eigenvalue weighted by atomic mass is 10.1. The molecule has 0 bridgehead atoms. The quantitative estimate of drug-likeness (QED) is 0.464. The second kappa shape index (κ2) is 4.70. The summed E-state index contributed by atoms with van der Waals surface area (Å²) in [7, 11) is 0. The van der Waals surface area contributed by atoms with Crippen LogP contribution in [0.3, 0.4) is 0 Å². The molecule has 3 N–H and O–H groups in total. The standard InChI is InChI=1S/C8H14O6/c1-4(10)13-3-6-8(12)7(11)5(2-9)14-6/h5-9,11-12H,2-3H2,1H3/t5-,6+,7-,8-/m1/s1. The van der Waals surface area contributed by atoms with Crippen molar-refractivity contribution in [2.24, 2.45) is 0 Å². The highest BCUT2D eigenvalue weighted by molar-refractivity contribution is 5.65. The number of hydrogen-bond acceptors (Lipinski definition) is 6. The third-order valence-electron chi connectivity index (χ3n) is 2.09. The molecule has 0 aromatic carbocycles. The summed E-state index contributed by atoms with van der Waals surface area (Å²) < 4.78 is 9.68. The van der Waals surface area contributed by atoms with Crippen LogP contribution in [-0.4, -0.2) is 58.9 Å². The summed E-state index contributed by atoms with van der Waals surface area (Å²) in [6.07, 6.45) is -3.86.